The van der Waals surface area contributed by atoms with Crippen LogP contribution in [0.1, 0.15) is 0 Å². The van der Waals surface area contributed by atoms with Gasteiger partial charge in [-0.05, 0) is 0 Å². The van der Waals surface area contributed by atoms with Crippen LogP contribution < -0.4 is 5.32 Å². The zero-order chi connectivity index (χ0) is 6.41. The van der Waals surface area contributed by atoms with Gasteiger partial charge < -0.3 is 5.32 Å². The number of rotatable bonds is 4. The molecule has 0 aromatic heterocycles. The fourth-order valence-electron chi connectivity index (χ4n) is 0.249. The monoisotopic (exact) mass is 122 g/mol. The Bertz CT molecular complexity index is 74.9. The number of nitrogens with two attached hydrogens (primary N) is 1. The number of hydrogen-bond acceptors (Lipinski definition) is 2. The molecule has 48 valence electrons. The second-order valence-electron chi connectivity index (χ2n) is 1.27. The molecule has 0 aliphatic rings. The van der Waals surface area contributed by atoms with Crippen LogP contribution in [0.2, 0.25) is 0 Å². The molecule has 0 amide bonds. The van der Waals surface area contributed by atoms with Crippen LogP contribution in [0, 0.1) is 4.91 Å². The predicted molar refractivity (Wildman–Crippen MR) is 24.1 cm³/mol. The molecule has 0 atom stereocenters. The van der Waals surface area contributed by atoms with Gasteiger partial charge in [0, 0.05) is 0 Å². The van der Waals surface area contributed by atoms with E-state index in [0.717, 1.165) is 0 Å². The number of nitrogens with zero attached hydrogens (tertiary/aromatic N) is 1. The minimum atomic E-state index is -0.538. The highest BCUT2D eigenvalue weighted by Gasteiger charge is 2.01. The van der Waals surface area contributed by atoms with Gasteiger partial charge in [0.15, 0.2) is 0 Å². The highest BCUT2D eigenvalue weighted by molar-refractivity contribution is 4.09. The highest BCUT2D eigenvalue weighted by Crippen LogP contribution is 1.65. The third-order valence-corrected chi connectivity index (χ3v) is 0.608. The molecule has 0 spiro atoms. The summed E-state index contributed by atoms with van der Waals surface area (Å²) in [7, 11) is 1.84. The molecule has 0 aromatic carbocycles. The van der Waals surface area contributed by atoms with Crippen molar-refractivity contribution in [3.63, 3.8) is 0 Å². The van der Waals surface area contributed by atoms with Crippen molar-refractivity contribution in [3.8, 4) is 0 Å². The first-order valence-corrected chi connectivity index (χ1v) is 2.34. The average Bonchev–Trinajstić information content (AvgIpc) is 1.66. The molecule has 5 nitrogen and oxygen atoms in total. The molecule has 0 aliphatic heterocycles. The predicted octanol–water partition coefficient (Wildman–Crippen LogP) is -1.72. The quantitative estimate of drug-likeness (QED) is 0.344. The van der Waals surface area contributed by atoms with E-state index in [1.165, 1.54) is 0 Å². The maximum absolute atomic E-state index is 9.55. The Labute approximate surface area is 46.7 Å². The molecule has 0 fully saturated rings. The van der Waals surface area contributed by atoms with E-state index in [2.05, 4.69) is 4.84 Å². The van der Waals surface area contributed by atoms with Crippen LogP contribution in [0.4, 0.5) is 0 Å². The van der Waals surface area contributed by atoms with Crippen LogP contribution in [0.25, 0.3) is 0 Å². The third kappa shape index (κ3) is 5.16. The number of quaternary nitrogens is 1. The number of hydrogen-bond donors (Lipinski definition) is 2. The second kappa shape index (κ2) is 4.32. The van der Waals surface area contributed by atoms with Crippen LogP contribution in [0.3, 0.4) is 0 Å². The van der Waals surface area contributed by atoms with Gasteiger partial charge in [-0.1, -0.05) is 0 Å². The second-order valence-corrected chi connectivity index (χ2v) is 1.27. The molecule has 5 heteroatoms. The summed E-state index contributed by atoms with van der Waals surface area (Å²) in [5, 5.41) is 9.12. The Morgan fingerprint density at radius 3 is 2.88 bits per heavy atom. The fourth-order valence-corrected chi connectivity index (χ4v) is 0.249. The van der Waals surface area contributed by atoms with E-state index in [0.29, 0.717) is 6.54 Å². The molecule has 0 saturated carbocycles. The standard InChI is InChI=1S/C3H9N2O3/c1-4-2-3-8-5(6)7/h4H,2-3H2,1H3,(H,6,7)/q+1/p+1. The normalized spacial score (nSPS) is 8.62. The largest absolute Gasteiger partial charge is 0.475 e. The van der Waals surface area contributed by atoms with Crippen LogP contribution in [-0.2, 0) is 4.84 Å². The molecule has 0 bridgehead atoms. The molecule has 8 heavy (non-hydrogen) atoms. The molecule has 3 N–H and O–H groups in total. The molecular weight excluding hydrogens is 112 g/mol. The zero-order valence-corrected chi connectivity index (χ0v) is 4.70. The van der Waals surface area contributed by atoms with Gasteiger partial charge >= 0.3 is 5.09 Å². The third-order valence-electron chi connectivity index (χ3n) is 0.608. The van der Waals surface area contributed by atoms with Crippen molar-refractivity contribution in [2.24, 2.45) is 0 Å². The maximum Gasteiger partial charge on any atom is 0.475 e. The summed E-state index contributed by atoms with van der Waals surface area (Å²) in [6, 6.07) is 0. The van der Waals surface area contributed by atoms with Gasteiger partial charge in [0.05, 0.1) is 7.05 Å². The summed E-state index contributed by atoms with van der Waals surface area (Å²) < 4.78 is 0. The Hall–Kier alpha value is -0.840. The van der Waals surface area contributed by atoms with Crippen molar-refractivity contribution in [2.45, 2.75) is 0 Å². The van der Waals surface area contributed by atoms with Crippen LogP contribution in [0.15, 0.2) is 0 Å². The Balaban J connectivity index is 2.82. The first kappa shape index (κ1) is 7.16. The molecular formula is C3H10N2O3+2. The van der Waals surface area contributed by atoms with Gasteiger partial charge in [0.2, 0.25) is 6.61 Å². The maximum atomic E-state index is 9.55. The Morgan fingerprint density at radius 2 is 2.50 bits per heavy atom. The van der Waals surface area contributed by atoms with Crippen molar-refractivity contribution in [2.75, 3.05) is 20.2 Å². The van der Waals surface area contributed by atoms with Crippen molar-refractivity contribution < 1.29 is 20.4 Å². The summed E-state index contributed by atoms with van der Waals surface area (Å²) in [6.45, 7) is 0.899. The first-order chi connectivity index (χ1) is 3.77. The SMILES string of the molecule is C[NH2+]CCO[N+](=O)O. The lowest BCUT2D eigenvalue weighted by molar-refractivity contribution is -0.977. The lowest BCUT2D eigenvalue weighted by atomic mass is 10.7. The van der Waals surface area contributed by atoms with Crippen molar-refractivity contribution >= 4 is 0 Å². The van der Waals surface area contributed by atoms with Crippen molar-refractivity contribution in [1.29, 1.82) is 0 Å². The minimum absolute atomic E-state index is 0.233. The van der Waals surface area contributed by atoms with Crippen LogP contribution in [-0.4, -0.2) is 30.5 Å². The number of likely N-dealkylation sites (N-methyl/N-ethyl adjacent to an activating group) is 1. The van der Waals surface area contributed by atoms with E-state index in [-0.39, 0.29) is 6.61 Å². The van der Waals surface area contributed by atoms with Crippen LogP contribution in [0.5, 0.6) is 0 Å². The molecule has 0 rings (SSSR count). The van der Waals surface area contributed by atoms with Gasteiger partial charge in [0.25, 0.3) is 0 Å². The molecule has 0 unspecified atom stereocenters. The Morgan fingerprint density at radius 1 is 1.88 bits per heavy atom. The van der Waals surface area contributed by atoms with Crippen LogP contribution >= 0.6 is 0 Å². The van der Waals surface area contributed by atoms with E-state index in [4.69, 9.17) is 5.21 Å². The molecule has 0 aliphatic carbocycles. The summed E-state index contributed by atoms with van der Waals surface area (Å²) in [6.07, 6.45) is 0. The Kier molecular flexibility index (Phi) is 3.87. The van der Waals surface area contributed by atoms with Crippen molar-refractivity contribution in [3.05, 3.63) is 4.91 Å². The smallest absolute Gasteiger partial charge is 0.346 e. The molecule has 0 aromatic rings. The van der Waals surface area contributed by atoms with Gasteiger partial charge in [0.1, 0.15) is 11.5 Å². The van der Waals surface area contributed by atoms with Gasteiger partial charge in [-0.25, -0.2) is 5.21 Å². The lowest BCUT2D eigenvalue weighted by Crippen LogP contribution is -2.80. The minimum Gasteiger partial charge on any atom is -0.346 e. The van der Waals surface area contributed by atoms with Gasteiger partial charge in [-0.2, -0.15) is 4.84 Å². The lowest BCUT2D eigenvalue weighted by Gasteiger charge is -1.85. The van der Waals surface area contributed by atoms with E-state index in [1.807, 2.05) is 12.4 Å². The summed E-state index contributed by atoms with van der Waals surface area (Å²) in [5.41, 5.74) is 0. The van der Waals surface area contributed by atoms with Gasteiger partial charge in [-0.3, -0.25) is 0 Å². The van der Waals surface area contributed by atoms with E-state index in [1.54, 1.807) is 0 Å². The molecule has 0 saturated heterocycles. The van der Waals surface area contributed by atoms with Crippen molar-refractivity contribution in [1.82, 2.24) is 0 Å². The first-order valence-electron chi connectivity index (χ1n) is 2.34. The van der Waals surface area contributed by atoms with E-state index < -0.39 is 5.09 Å². The van der Waals surface area contributed by atoms with Gasteiger partial charge in [-0.15, -0.1) is 0 Å². The summed E-state index contributed by atoms with van der Waals surface area (Å²) >= 11 is 0. The zero-order valence-electron chi connectivity index (χ0n) is 4.70. The summed E-state index contributed by atoms with van der Waals surface area (Å²) in [4.78, 5) is 13.6. The summed E-state index contributed by atoms with van der Waals surface area (Å²) in [5.74, 6) is 0. The topological polar surface area (TPSA) is 66.2 Å². The average molecular weight is 122 g/mol. The highest BCUT2D eigenvalue weighted by atomic mass is 16.9. The molecule has 0 heterocycles. The van der Waals surface area contributed by atoms with E-state index in [9.17, 15) is 4.91 Å². The fraction of sp³-hybridized carbons (Fsp3) is 1.00. The van der Waals surface area contributed by atoms with E-state index >= 15 is 0 Å². The molecule has 0 radical (unpaired) electrons.